The molecule has 0 aliphatic carbocycles. The molecule has 0 atom stereocenters. The molecule has 1 amide bonds. The molecule has 0 saturated carbocycles. The van der Waals surface area contributed by atoms with Crippen molar-refractivity contribution in [3.8, 4) is 0 Å². The molecule has 2 rings (SSSR count). The Kier molecular flexibility index (Phi) is 7.63. The number of benzene rings is 2. The van der Waals surface area contributed by atoms with Gasteiger partial charge in [-0.3, -0.25) is 4.79 Å². The van der Waals surface area contributed by atoms with Gasteiger partial charge in [-0.2, -0.15) is 0 Å². The van der Waals surface area contributed by atoms with Gasteiger partial charge in [0, 0.05) is 38.6 Å². The van der Waals surface area contributed by atoms with Crippen molar-refractivity contribution in [2.24, 2.45) is 0 Å². The van der Waals surface area contributed by atoms with Crippen molar-refractivity contribution >= 4 is 23.3 Å². The van der Waals surface area contributed by atoms with E-state index in [1.54, 1.807) is 24.3 Å². The first kappa shape index (κ1) is 20.3. The molecule has 7 heteroatoms. The number of aliphatic hydroxyl groups excluding tert-OH is 1. The lowest BCUT2D eigenvalue weighted by atomic mass is 10.2. The van der Waals surface area contributed by atoms with Gasteiger partial charge in [-0.25, -0.2) is 4.79 Å². The third-order valence-electron chi connectivity index (χ3n) is 3.85. The zero-order valence-electron chi connectivity index (χ0n) is 15.6. The molecule has 0 bridgehead atoms. The molecule has 2 aromatic carbocycles. The number of esters is 1. The van der Waals surface area contributed by atoms with Crippen LogP contribution in [-0.2, 0) is 16.1 Å². The number of nitrogens with zero attached hydrogens (tertiary/aromatic N) is 1. The van der Waals surface area contributed by atoms with Gasteiger partial charge in [-0.15, -0.1) is 0 Å². The van der Waals surface area contributed by atoms with E-state index in [1.165, 1.54) is 0 Å². The van der Waals surface area contributed by atoms with Crippen LogP contribution >= 0.6 is 0 Å². The van der Waals surface area contributed by atoms with Crippen molar-refractivity contribution < 1.29 is 19.4 Å². The van der Waals surface area contributed by atoms with Crippen LogP contribution in [0.25, 0.3) is 0 Å². The van der Waals surface area contributed by atoms with Crippen LogP contribution < -0.4 is 15.5 Å². The topological polar surface area (TPSA) is 90.9 Å². The van der Waals surface area contributed by atoms with E-state index >= 15 is 0 Å². The molecule has 0 fully saturated rings. The molecule has 0 saturated heterocycles. The SMILES string of the molecule is CN(C)c1ccc(CNC(=O)COC(=O)c2ccccc2NCCO)cc1. The zero-order valence-corrected chi connectivity index (χ0v) is 15.6. The number of nitrogens with one attached hydrogen (secondary N) is 2. The molecule has 7 nitrogen and oxygen atoms in total. The van der Waals surface area contributed by atoms with Gasteiger partial charge in [0.2, 0.25) is 0 Å². The predicted octanol–water partition coefficient (Wildman–Crippen LogP) is 1.63. The lowest BCUT2D eigenvalue weighted by molar-refractivity contribution is -0.124. The maximum absolute atomic E-state index is 12.2. The molecule has 3 N–H and O–H groups in total. The Hall–Kier alpha value is -3.06. The summed E-state index contributed by atoms with van der Waals surface area (Å²) >= 11 is 0. The molecule has 27 heavy (non-hydrogen) atoms. The number of anilines is 2. The molecule has 0 aliphatic rings. The molecule has 0 aliphatic heterocycles. The number of carbonyl (C=O) groups excluding carboxylic acids is 2. The van der Waals surface area contributed by atoms with Crippen LogP contribution in [0.4, 0.5) is 11.4 Å². The molecule has 0 unspecified atom stereocenters. The van der Waals surface area contributed by atoms with Crippen LogP contribution in [0.1, 0.15) is 15.9 Å². The summed E-state index contributed by atoms with van der Waals surface area (Å²) in [6.07, 6.45) is 0. The molecule has 144 valence electrons. The minimum atomic E-state index is -0.596. The number of amides is 1. The minimum absolute atomic E-state index is 0.0543. The highest BCUT2D eigenvalue weighted by Gasteiger charge is 2.14. The maximum Gasteiger partial charge on any atom is 0.340 e. The second-order valence-corrected chi connectivity index (χ2v) is 6.11. The third-order valence-corrected chi connectivity index (χ3v) is 3.85. The van der Waals surface area contributed by atoms with E-state index in [1.807, 2.05) is 43.3 Å². The molecule has 2 aromatic rings. The fourth-order valence-electron chi connectivity index (χ4n) is 2.38. The van der Waals surface area contributed by atoms with E-state index in [4.69, 9.17) is 9.84 Å². The predicted molar refractivity (Wildman–Crippen MR) is 105 cm³/mol. The van der Waals surface area contributed by atoms with Crippen molar-refractivity contribution in [2.45, 2.75) is 6.54 Å². The normalized spacial score (nSPS) is 10.2. The van der Waals surface area contributed by atoms with Gasteiger partial charge in [0.15, 0.2) is 6.61 Å². The van der Waals surface area contributed by atoms with E-state index in [0.29, 0.717) is 24.3 Å². The summed E-state index contributed by atoms with van der Waals surface area (Å²) in [5, 5.41) is 14.6. The van der Waals surface area contributed by atoms with Crippen molar-refractivity contribution in [1.82, 2.24) is 5.32 Å². The fourth-order valence-corrected chi connectivity index (χ4v) is 2.38. The van der Waals surface area contributed by atoms with Gasteiger partial charge in [0.25, 0.3) is 5.91 Å². The largest absolute Gasteiger partial charge is 0.452 e. The number of rotatable bonds is 9. The summed E-state index contributed by atoms with van der Waals surface area (Å²) in [5.41, 5.74) is 2.90. The first-order valence-corrected chi connectivity index (χ1v) is 8.65. The number of ether oxygens (including phenoxy) is 1. The summed E-state index contributed by atoms with van der Waals surface area (Å²) in [6.45, 7) is 0.264. The van der Waals surface area contributed by atoms with Crippen molar-refractivity contribution in [2.75, 3.05) is 44.1 Å². The van der Waals surface area contributed by atoms with E-state index in [2.05, 4.69) is 10.6 Å². The Balaban J connectivity index is 1.82. The number of para-hydroxylation sites is 1. The number of carbonyl (C=O) groups is 2. The average Bonchev–Trinajstić information content (AvgIpc) is 2.69. The highest BCUT2D eigenvalue weighted by atomic mass is 16.5. The van der Waals surface area contributed by atoms with Gasteiger partial charge in [-0.05, 0) is 29.8 Å². The second-order valence-electron chi connectivity index (χ2n) is 6.11. The van der Waals surface area contributed by atoms with Crippen molar-refractivity contribution in [3.05, 3.63) is 59.7 Å². The maximum atomic E-state index is 12.2. The molecular formula is C20H25N3O4. The molecule has 0 spiro atoms. The average molecular weight is 371 g/mol. The minimum Gasteiger partial charge on any atom is -0.452 e. The highest BCUT2D eigenvalue weighted by Crippen LogP contribution is 2.16. The van der Waals surface area contributed by atoms with E-state index in [9.17, 15) is 9.59 Å². The lowest BCUT2D eigenvalue weighted by Crippen LogP contribution is -2.28. The number of aliphatic hydroxyl groups is 1. The van der Waals surface area contributed by atoms with Gasteiger partial charge in [0.1, 0.15) is 0 Å². The Morgan fingerprint density at radius 2 is 1.78 bits per heavy atom. The Morgan fingerprint density at radius 1 is 1.07 bits per heavy atom. The molecular weight excluding hydrogens is 346 g/mol. The van der Waals surface area contributed by atoms with Gasteiger partial charge in [-0.1, -0.05) is 24.3 Å². The Bertz CT molecular complexity index is 760. The van der Waals surface area contributed by atoms with Gasteiger partial charge >= 0.3 is 5.97 Å². The molecule has 0 heterocycles. The molecule has 0 aromatic heterocycles. The number of hydrogen-bond acceptors (Lipinski definition) is 6. The quantitative estimate of drug-likeness (QED) is 0.581. The van der Waals surface area contributed by atoms with Crippen LogP contribution in [0.5, 0.6) is 0 Å². The summed E-state index contributed by atoms with van der Waals surface area (Å²) < 4.78 is 5.09. The van der Waals surface area contributed by atoms with Crippen LogP contribution in [0.15, 0.2) is 48.5 Å². The Labute approximate surface area is 158 Å². The summed E-state index contributed by atoms with van der Waals surface area (Å²) in [7, 11) is 3.92. The van der Waals surface area contributed by atoms with Crippen molar-refractivity contribution in [1.29, 1.82) is 0 Å². The smallest absolute Gasteiger partial charge is 0.340 e. The van der Waals surface area contributed by atoms with E-state index in [-0.39, 0.29) is 19.1 Å². The van der Waals surface area contributed by atoms with E-state index in [0.717, 1.165) is 11.3 Å². The van der Waals surface area contributed by atoms with Crippen LogP contribution in [0, 0.1) is 0 Å². The lowest BCUT2D eigenvalue weighted by Gasteiger charge is -2.13. The first-order valence-electron chi connectivity index (χ1n) is 8.65. The van der Waals surface area contributed by atoms with E-state index < -0.39 is 5.97 Å². The first-order chi connectivity index (χ1) is 13.0. The monoisotopic (exact) mass is 371 g/mol. The Morgan fingerprint density at radius 3 is 2.44 bits per heavy atom. The third kappa shape index (κ3) is 6.31. The fraction of sp³-hybridized carbons (Fsp3) is 0.300. The summed E-state index contributed by atoms with van der Waals surface area (Å²) in [5.74, 6) is -0.970. The number of hydrogen-bond donors (Lipinski definition) is 3. The second kappa shape index (κ2) is 10.2. The van der Waals surface area contributed by atoms with Crippen molar-refractivity contribution in [3.63, 3.8) is 0 Å². The standard InChI is InChI=1S/C20H25N3O4/c1-23(2)16-9-7-15(8-10-16)13-22-19(25)14-27-20(26)17-5-3-4-6-18(17)21-11-12-24/h3-10,21,24H,11-14H2,1-2H3,(H,22,25). The van der Waals surface area contributed by atoms with Gasteiger partial charge in [0.05, 0.1) is 12.2 Å². The van der Waals surface area contributed by atoms with Crippen LogP contribution in [-0.4, -0.2) is 50.8 Å². The summed E-state index contributed by atoms with van der Waals surface area (Å²) in [4.78, 5) is 26.1. The zero-order chi connectivity index (χ0) is 19.6. The highest BCUT2D eigenvalue weighted by molar-refractivity contribution is 5.96. The van der Waals surface area contributed by atoms with Crippen LogP contribution in [0.2, 0.25) is 0 Å². The van der Waals surface area contributed by atoms with Crippen LogP contribution in [0.3, 0.4) is 0 Å². The summed E-state index contributed by atoms with van der Waals surface area (Å²) in [6, 6.07) is 14.6. The molecule has 0 radical (unpaired) electrons. The van der Waals surface area contributed by atoms with Gasteiger partial charge < -0.3 is 25.4 Å².